The van der Waals surface area contributed by atoms with Crippen LogP contribution in [-0.4, -0.2) is 23.8 Å². The van der Waals surface area contributed by atoms with Gasteiger partial charge in [-0.2, -0.15) is 4.31 Å². The smallest absolute Gasteiger partial charge is 0.244 e. The quantitative estimate of drug-likeness (QED) is 0.651. The van der Waals surface area contributed by atoms with Crippen molar-refractivity contribution in [3.05, 3.63) is 88.7 Å². The van der Waals surface area contributed by atoms with Gasteiger partial charge in [-0.1, -0.05) is 17.7 Å². The Balaban J connectivity index is 1.85. The van der Waals surface area contributed by atoms with Gasteiger partial charge in [0.15, 0.2) is 11.6 Å². The van der Waals surface area contributed by atoms with Gasteiger partial charge in [0.2, 0.25) is 10.0 Å². The molecule has 0 fully saturated rings. The summed E-state index contributed by atoms with van der Waals surface area (Å²) >= 11 is 5.87. The largest absolute Gasteiger partial charge is 0.348 e. The summed E-state index contributed by atoms with van der Waals surface area (Å²) in [6.45, 7) is 0.672. The lowest BCUT2D eigenvalue weighted by atomic mass is 10.0. The van der Waals surface area contributed by atoms with Gasteiger partial charge in [-0.15, -0.1) is 0 Å². The van der Waals surface area contributed by atoms with E-state index in [1.165, 1.54) is 34.6 Å². The fourth-order valence-corrected chi connectivity index (χ4v) is 5.09. The summed E-state index contributed by atoms with van der Waals surface area (Å²) in [5, 5.41) is 0.429. The van der Waals surface area contributed by atoms with Gasteiger partial charge in [0.25, 0.3) is 0 Å². The van der Waals surface area contributed by atoms with Crippen LogP contribution < -0.4 is 0 Å². The molecular formula is C19H15ClF2N2O2S. The van der Waals surface area contributed by atoms with Crippen LogP contribution in [0.2, 0.25) is 5.02 Å². The molecule has 0 saturated heterocycles. The fraction of sp³-hybridized carbons (Fsp3) is 0.158. The van der Waals surface area contributed by atoms with E-state index in [9.17, 15) is 17.2 Å². The zero-order valence-corrected chi connectivity index (χ0v) is 15.6. The molecule has 1 aliphatic heterocycles. The van der Waals surface area contributed by atoms with E-state index in [1.807, 2.05) is 10.8 Å². The number of fused-ring (bicyclic) bond motifs is 1. The van der Waals surface area contributed by atoms with Crippen molar-refractivity contribution in [2.75, 3.05) is 6.54 Å². The minimum Gasteiger partial charge on any atom is -0.348 e. The van der Waals surface area contributed by atoms with Crippen LogP contribution in [0.25, 0.3) is 0 Å². The molecule has 8 heteroatoms. The highest BCUT2D eigenvalue weighted by Gasteiger charge is 2.37. The van der Waals surface area contributed by atoms with Crippen LogP contribution in [-0.2, 0) is 16.6 Å². The topological polar surface area (TPSA) is 42.3 Å². The minimum absolute atomic E-state index is 0.0967. The van der Waals surface area contributed by atoms with Gasteiger partial charge in [0.05, 0.1) is 10.9 Å². The summed E-state index contributed by atoms with van der Waals surface area (Å²) in [6, 6.07) is 12.2. The molecule has 1 atom stereocenters. The first kappa shape index (κ1) is 18.2. The summed E-state index contributed by atoms with van der Waals surface area (Å²) in [5.41, 5.74) is 1.07. The Bertz CT molecular complexity index is 1100. The fourth-order valence-electron chi connectivity index (χ4n) is 3.38. The molecule has 0 radical (unpaired) electrons. The number of nitrogens with zero attached hydrogens (tertiary/aromatic N) is 2. The van der Waals surface area contributed by atoms with E-state index in [4.69, 9.17) is 11.6 Å². The Morgan fingerprint density at radius 2 is 1.70 bits per heavy atom. The average Bonchev–Trinajstić information content (AvgIpc) is 3.12. The van der Waals surface area contributed by atoms with E-state index in [2.05, 4.69) is 0 Å². The third-order valence-corrected chi connectivity index (χ3v) is 6.80. The Labute approximate surface area is 160 Å². The van der Waals surface area contributed by atoms with Gasteiger partial charge >= 0.3 is 0 Å². The third-order valence-electron chi connectivity index (χ3n) is 4.67. The molecule has 27 heavy (non-hydrogen) atoms. The molecule has 4 rings (SSSR count). The lowest BCUT2D eigenvalue weighted by molar-refractivity contribution is 0.297. The van der Waals surface area contributed by atoms with Gasteiger partial charge in [0, 0.05) is 30.0 Å². The number of rotatable bonds is 3. The number of benzene rings is 2. The normalized spacial score (nSPS) is 17.7. The zero-order chi connectivity index (χ0) is 19.2. The van der Waals surface area contributed by atoms with Gasteiger partial charge in [0.1, 0.15) is 0 Å². The number of aromatic nitrogens is 1. The van der Waals surface area contributed by atoms with Crippen molar-refractivity contribution in [3.8, 4) is 0 Å². The van der Waals surface area contributed by atoms with E-state index in [0.717, 1.165) is 12.1 Å². The van der Waals surface area contributed by atoms with Crippen molar-refractivity contribution >= 4 is 21.6 Å². The average molecular weight is 409 g/mol. The Kier molecular flexibility index (Phi) is 4.53. The molecule has 3 aromatic rings. The van der Waals surface area contributed by atoms with Crippen LogP contribution in [0.1, 0.15) is 17.3 Å². The van der Waals surface area contributed by atoms with E-state index < -0.39 is 27.7 Å². The van der Waals surface area contributed by atoms with Crippen LogP contribution in [0.3, 0.4) is 0 Å². The van der Waals surface area contributed by atoms with Crippen molar-refractivity contribution < 1.29 is 17.2 Å². The maximum absolute atomic E-state index is 13.9. The highest BCUT2D eigenvalue weighted by molar-refractivity contribution is 7.89. The molecule has 0 spiro atoms. The minimum atomic E-state index is -3.87. The second-order valence-electron chi connectivity index (χ2n) is 6.27. The first-order valence-corrected chi connectivity index (χ1v) is 10.1. The van der Waals surface area contributed by atoms with Gasteiger partial charge in [-0.3, -0.25) is 0 Å². The molecule has 140 valence electrons. The molecule has 0 amide bonds. The van der Waals surface area contributed by atoms with Crippen molar-refractivity contribution in [1.82, 2.24) is 8.87 Å². The van der Waals surface area contributed by atoms with E-state index in [-0.39, 0.29) is 11.4 Å². The van der Waals surface area contributed by atoms with Crippen LogP contribution in [0, 0.1) is 11.6 Å². The molecule has 0 bridgehead atoms. The lowest BCUT2D eigenvalue weighted by Crippen LogP contribution is -2.42. The van der Waals surface area contributed by atoms with Crippen molar-refractivity contribution in [2.24, 2.45) is 0 Å². The molecule has 0 N–H and O–H groups in total. The maximum atomic E-state index is 13.9. The summed E-state index contributed by atoms with van der Waals surface area (Å²) in [4.78, 5) is 0.0967. The molecule has 1 aliphatic rings. The Morgan fingerprint density at radius 3 is 2.41 bits per heavy atom. The monoisotopic (exact) mass is 408 g/mol. The summed E-state index contributed by atoms with van der Waals surface area (Å²) < 4.78 is 57.1. The van der Waals surface area contributed by atoms with Crippen LogP contribution in [0.15, 0.2) is 65.7 Å². The van der Waals surface area contributed by atoms with Crippen LogP contribution in [0.5, 0.6) is 0 Å². The van der Waals surface area contributed by atoms with E-state index >= 15 is 0 Å². The Hall–Kier alpha value is -2.22. The Morgan fingerprint density at radius 1 is 0.963 bits per heavy atom. The molecule has 0 saturated carbocycles. The molecule has 2 heterocycles. The zero-order valence-electron chi connectivity index (χ0n) is 14.0. The predicted octanol–water partition coefficient (Wildman–Crippen LogP) is 4.21. The van der Waals surface area contributed by atoms with Crippen molar-refractivity contribution in [2.45, 2.75) is 17.5 Å². The van der Waals surface area contributed by atoms with E-state index in [0.29, 0.717) is 22.8 Å². The number of sulfonamides is 1. The lowest BCUT2D eigenvalue weighted by Gasteiger charge is -2.36. The second-order valence-corrected chi connectivity index (χ2v) is 8.60. The highest BCUT2D eigenvalue weighted by atomic mass is 35.5. The molecule has 4 nitrogen and oxygen atoms in total. The maximum Gasteiger partial charge on any atom is 0.244 e. The SMILES string of the molecule is O=S(=O)(c1ccc(Cl)cc1)N1CCn2cccc2C1c1ccc(F)c(F)c1. The second kappa shape index (κ2) is 6.74. The van der Waals surface area contributed by atoms with Crippen LogP contribution in [0.4, 0.5) is 8.78 Å². The molecular weight excluding hydrogens is 394 g/mol. The standard InChI is InChI=1S/C19H15ClF2N2O2S/c20-14-4-6-15(7-5-14)27(25,26)24-11-10-23-9-1-2-18(23)19(24)13-3-8-16(21)17(22)12-13/h1-9,12,19H,10-11H2. The number of hydrogen-bond donors (Lipinski definition) is 0. The highest BCUT2D eigenvalue weighted by Crippen LogP contribution is 2.37. The van der Waals surface area contributed by atoms with Crippen LogP contribution >= 0.6 is 11.6 Å². The summed E-state index contributed by atoms with van der Waals surface area (Å²) in [7, 11) is -3.87. The number of halogens is 3. The van der Waals surface area contributed by atoms with Gasteiger partial charge in [-0.25, -0.2) is 17.2 Å². The summed E-state index contributed by atoms with van der Waals surface area (Å²) in [5.74, 6) is -1.99. The third kappa shape index (κ3) is 3.16. The molecule has 1 unspecified atom stereocenters. The molecule has 1 aromatic heterocycles. The predicted molar refractivity (Wildman–Crippen MR) is 98.0 cm³/mol. The van der Waals surface area contributed by atoms with Crippen molar-refractivity contribution in [3.63, 3.8) is 0 Å². The first-order valence-electron chi connectivity index (χ1n) is 8.25. The molecule has 0 aliphatic carbocycles. The summed E-state index contributed by atoms with van der Waals surface area (Å²) in [6.07, 6.45) is 1.84. The van der Waals surface area contributed by atoms with E-state index in [1.54, 1.807) is 12.1 Å². The van der Waals surface area contributed by atoms with Gasteiger partial charge in [-0.05, 0) is 54.1 Å². The van der Waals surface area contributed by atoms with Gasteiger partial charge < -0.3 is 4.57 Å². The number of hydrogen-bond acceptors (Lipinski definition) is 2. The first-order chi connectivity index (χ1) is 12.9. The van der Waals surface area contributed by atoms with Crippen molar-refractivity contribution in [1.29, 1.82) is 0 Å². The molecule has 2 aromatic carbocycles.